The molecule has 0 unspecified atom stereocenters. The van der Waals surface area contributed by atoms with E-state index in [2.05, 4.69) is 5.32 Å². The largest absolute Gasteiger partial charge is 0.454 e. The van der Waals surface area contributed by atoms with E-state index in [9.17, 15) is 19.2 Å². The summed E-state index contributed by atoms with van der Waals surface area (Å²) < 4.78 is 4.80. The van der Waals surface area contributed by atoms with Gasteiger partial charge in [-0.1, -0.05) is 19.1 Å². The summed E-state index contributed by atoms with van der Waals surface area (Å²) in [5.41, 5.74) is 0. The Labute approximate surface area is 128 Å². The van der Waals surface area contributed by atoms with Crippen LogP contribution >= 0.6 is 0 Å². The van der Waals surface area contributed by atoms with Crippen LogP contribution < -0.4 is 5.32 Å². The van der Waals surface area contributed by atoms with Crippen LogP contribution in [0, 0.1) is 11.8 Å². The Morgan fingerprint density at radius 3 is 2.36 bits per heavy atom. The standard InChI is InChI=1S/C15H20N2O5/c1-2-7-16-12(18)9-22-13(19)8-17-14(20)10-5-3-4-6-11(10)15(17)21/h3-4,10-11H,2,5-9H2,1H3,(H,16,18)/t10-,11-/m1/s1. The number of hydrogen-bond donors (Lipinski definition) is 1. The van der Waals surface area contributed by atoms with Crippen molar-refractivity contribution in [2.75, 3.05) is 19.7 Å². The Morgan fingerprint density at radius 2 is 1.82 bits per heavy atom. The van der Waals surface area contributed by atoms with E-state index in [4.69, 9.17) is 4.74 Å². The molecule has 3 amide bonds. The number of likely N-dealkylation sites (tertiary alicyclic amines) is 1. The molecule has 1 heterocycles. The average molecular weight is 308 g/mol. The van der Waals surface area contributed by atoms with Gasteiger partial charge in [0, 0.05) is 6.54 Å². The first kappa shape index (κ1) is 16.2. The molecular weight excluding hydrogens is 288 g/mol. The Morgan fingerprint density at radius 1 is 1.23 bits per heavy atom. The molecule has 1 N–H and O–H groups in total. The van der Waals surface area contributed by atoms with Crippen LogP contribution in [0.25, 0.3) is 0 Å². The molecular formula is C15H20N2O5. The Hall–Kier alpha value is -2.18. The van der Waals surface area contributed by atoms with E-state index in [1.807, 2.05) is 19.1 Å². The molecule has 0 spiro atoms. The number of ether oxygens (including phenoxy) is 1. The first-order valence-electron chi connectivity index (χ1n) is 7.47. The Balaban J connectivity index is 1.83. The highest BCUT2D eigenvalue weighted by atomic mass is 16.5. The number of nitrogens with zero attached hydrogens (tertiary/aromatic N) is 1. The van der Waals surface area contributed by atoms with Gasteiger partial charge in [-0.3, -0.25) is 24.1 Å². The number of allylic oxidation sites excluding steroid dienone is 2. The summed E-state index contributed by atoms with van der Waals surface area (Å²) in [5.74, 6) is -2.53. The van der Waals surface area contributed by atoms with Gasteiger partial charge in [-0.15, -0.1) is 0 Å². The van der Waals surface area contributed by atoms with Gasteiger partial charge in [-0.25, -0.2) is 0 Å². The van der Waals surface area contributed by atoms with Gasteiger partial charge >= 0.3 is 5.97 Å². The van der Waals surface area contributed by atoms with Gasteiger partial charge in [0.25, 0.3) is 5.91 Å². The number of hydrogen-bond acceptors (Lipinski definition) is 5. The summed E-state index contributed by atoms with van der Waals surface area (Å²) in [5, 5.41) is 2.57. The minimum atomic E-state index is -0.750. The molecule has 2 atom stereocenters. The monoisotopic (exact) mass is 308 g/mol. The second-order valence-corrected chi connectivity index (χ2v) is 5.43. The summed E-state index contributed by atoms with van der Waals surface area (Å²) in [6, 6.07) is 0. The van der Waals surface area contributed by atoms with Gasteiger partial charge in [-0.05, 0) is 19.3 Å². The van der Waals surface area contributed by atoms with Crippen molar-refractivity contribution in [1.82, 2.24) is 10.2 Å². The van der Waals surface area contributed by atoms with Crippen molar-refractivity contribution in [3.05, 3.63) is 12.2 Å². The number of nitrogens with one attached hydrogen (secondary N) is 1. The second-order valence-electron chi connectivity index (χ2n) is 5.43. The summed E-state index contributed by atoms with van der Waals surface area (Å²) in [6.07, 6.45) is 5.60. The first-order chi connectivity index (χ1) is 10.5. The lowest BCUT2D eigenvalue weighted by Gasteiger charge is -2.14. The van der Waals surface area contributed by atoms with Crippen LogP contribution in [0.2, 0.25) is 0 Å². The van der Waals surface area contributed by atoms with Crippen molar-refractivity contribution in [2.24, 2.45) is 11.8 Å². The maximum atomic E-state index is 12.1. The molecule has 1 fully saturated rings. The molecule has 1 aliphatic carbocycles. The lowest BCUT2D eigenvalue weighted by atomic mass is 9.85. The number of fused-ring (bicyclic) bond motifs is 1. The molecule has 2 rings (SSSR count). The van der Waals surface area contributed by atoms with Gasteiger partial charge in [0.1, 0.15) is 6.54 Å². The van der Waals surface area contributed by atoms with Gasteiger partial charge < -0.3 is 10.1 Å². The van der Waals surface area contributed by atoms with Crippen LogP contribution in [-0.2, 0) is 23.9 Å². The normalized spacial score (nSPS) is 23.4. The van der Waals surface area contributed by atoms with Crippen LogP contribution in [0.5, 0.6) is 0 Å². The highest BCUT2D eigenvalue weighted by Crippen LogP contribution is 2.34. The fourth-order valence-corrected chi connectivity index (χ4v) is 2.66. The average Bonchev–Trinajstić information content (AvgIpc) is 2.76. The third-order valence-corrected chi connectivity index (χ3v) is 3.82. The quantitative estimate of drug-likeness (QED) is 0.424. The lowest BCUT2D eigenvalue weighted by Crippen LogP contribution is -2.38. The Bertz CT molecular complexity index is 488. The SMILES string of the molecule is CCCNC(=O)COC(=O)CN1C(=O)[C@@H]2CC=CC[C@H]2C1=O. The summed E-state index contributed by atoms with van der Waals surface area (Å²) >= 11 is 0. The van der Waals surface area contributed by atoms with Crippen LogP contribution in [0.4, 0.5) is 0 Å². The molecule has 7 nitrogen and oxygen atoms in total. The zero-order chi connectivity index (χ0) is 16.1. The zero-order valence-electron chi connectivity index (χ0n) is 12.5. The van der Waals surface area contributed by atoms with Crippen LogP contribution in [0.3, 0.4) is 0 Å². The van der Waals surface area contributed by atoms with Crippen molar-refractivity contribution in [2.45, 2.75) is 26.2 Å². The topological polar surface area (TPSA) is 92.8 Å². The van der Waals surface area contributed by atoms with Crippen LogP contribution in [-0.4, -0.2) is 48.3 Å². The molecule has 2 aliphatic rings. The third kappa shape index (κ3) is 3.52. The first-order valence-corrected chi connectivity index (χ1v) is 7.47. The number of rotatable bonds is 6. The number of carbonyl (C=O) groups is 4. The number of carbonyl (C=O) groups excluding carboxylic acids is 4. The van der Waals surface area contributed by atoms with Crippen LogP contribution in [0.15, 0.2) is 12.2 Å². The molecule has 0 aromatic carbocycles. The molecule has 7 heteroatoms. The molecule has 120 valence electrons. The third-order valence-electron chi connectivity index (χ3n) is 3.82. The predicted octanol–water partition coefficient (Wildman–Crippen LogP) is 0.00700. The molecule has 0 aromatic heterocycles. The molecule has 1 aliphatic heterocycles. The fourth-order valence-electron chi connectivity index (χ4n) is 2.66. The van der Waals surface area contributed by atoms with E-state index < -0.39 is 25.0 Å². The maximum Gasteiger partial charge on any atom is 0.326 e. The minimum Gasteiger partial charge on any atom is -0.454 e. The summed E-state index contributed by atoms with van der Waals surface area (Å²) in [6.45, 7) is 1.59. The molecule has 0 aromatic rings. The molecule has 0 saturated carbocycles. The molecule has 0 bridgehead atoms. The molecule has 0 radical (unpaired) electrons. The van der Waals surface area contributed by atoms with Gasteiger partial charge in [0.2, 0.25) is 11.8 Å². The minimum absolute atomic E-state index is 0.327. The fraction of sp³-hybridized carbons (Fsp3) is 0.600. The van der Waals surface area contributed by atoms with E-state index in [0.29, 0.717) is 19.4 Å². The van der Waals surface area contributed by atoms with Crippen molar-refractivity contribution in [1.29, 1.82) is 0 Å². The molecule has 1 saturated heterocycles. The van der Waals surface area contributed by atoms with E-state index in [0.717, 1.165) is 11.3 Å². The lowest BCUT2D eigenvalue weighted by molar-refractivity contribution is -0.154. The zero-order valence-corrected chi connectivity index (χ0v) is 12.5. The Kier molecular flexibility index (Phi) is 5.30. The van der Waals surface area contributed by atoms with E-state index in [-0.39, 0.29) is 23.7 Å². The second kappa shape index (κ2) is 7.20. The van der Waals surface area contributed by atoms with Gasteiger partial charge in [0.15, 0.2) is 6.61 Å². The highest BCUT2D eigenvalue weighted by Gasteiger charge is 2.47. The van der Waals surface area contributed by atoms with Crippen LogP contribution in [0.1, 0.15) is 26.2 Å². The highest BCUT2D eigenvalue weighted by molar-refractivity contribution is 6.07. The predicted molar refractivity (Wildman–Crippen MR) is 76.3 cm³/mol. The number of esters is 1. The summed E-state index contributed by atoms with van der Waals surface area (Å²) in [7, 11) is 0. The summed E-state index contributed by atoms with van der Waals surface area (Å²) in [4.78, 5) is 48.3. The van der Waals surface area contributed by atoms with Crippen molar-refractivity contribution >= 4 is 23.7 Å². The van der Waals surface area contributed by atoms with Crippen molar-refractivity contribution in [3.8, 4) is 0 Å². The van der Waals surface area contributed by atoms with Gasteiger partial charge in [0.05, 0.1) is 11.8 Å². The maximum absolute atomic E-state index is 12.1. The van der Waals surface area contributed by atoms with Gasteiger partial charge in [-0.2, -0.15) is 0 Å². The number of imide groups is 1. The van der Waals surface area contributed by atoms with Crippen molar-refractivity contribution in [3.63, 3.8) is 0 Å². The molecule has 22 heavy (non-hydrogen) atoms. The van der Waals surface area contributed by atoms with E-state index in [1.165, 1.54) is 0 Å². The van der Waals surface area contributed by atoms with E-state index in [1.54, 1.807) is 0 Å². The smallest absolute Gasteiger partial charge is 0.326 e. The van der Waals surface area contributed by atoms with Crippen molar-refractivity contribution < 1.29 is 23.9 Å². The van der Waals surface area contributed by atoms with E-state index >= 15 is 0 Å². The number of amides is 3.